The summed E-state index contributed by atoms with van der Waals surface area (Å²) in [6.45, 7) is 4.02. The number of amides is 3. The molecule has 0 spiro atoms. The van der Waals surface area contributed by atoms with E-state index in [1.165, 1.54) is 0 Å². The minimum atomic E-state index is -0.529. The first-order valence-electron chi connectivity index (χ1n) is 8.51. The van der Waals surface area contributed by atoms with Crippen molar-refractivity contribution in [3.63, 3.8) is 0 Å². The van der Waals surface area contributed by atoms with Gasteiger partial charge in [-0.1, -0.05) is 12.1 Å². The van der Waals surface area contributed by atoms with Crippen LogP contribution in [0.5, 0.6) is 0 Å². The normalized spacial score (nSPS) is 13.0. The van der Waals surface area contributed by atoms with Crippen LogP contribution in [0.15, 0.2) is 60.7 Å². The Hall–Kier alpha value is -3.67. The van der Waals surface area contributed by atoms with Crippen LogP contribution in [0.2, 0.25) is 0 Å². The second-order valence-corrected chi connectivity index (χ2v) is 6.43. The number of carbonyl (C=O) groups excluding carboxylic acids is 3. The van der Waals surface area contributed by atoms with Crippen LogP contribution in [0, 0.1) is 13.8 Å². The Bertz CT molecular complexity index is 1030. The van der Waals surface area contributed by atoms with Crippen molar-refractivity contribution in [2.45, 2.75) is 13.8 Å². The number of rotatable bonds is 3. The maximum absolute atomic E-state index is 12.5. The van der Waals surface area contributed by atoms with Crippen molar-refractivity contribution in [2.75, 3.05) is 0 Å². The first-order chi connectivity index (χ1) is 13.0. The number of nitrogens with zero attached hydrogens (tertiary/aromatic N) is 2. The Kier molecular flexibility index (Phi) is 3.88. The topological polar surface area (TPSA) is 71.4 Å². The molecule has 0 radical (unpaired) electrons. The van der Waals surface area contributed by atoms with E-state index in [1.54, 1.807) is 36.4 Å². The summed E-state index contributed by atoms with van der Waals surface area (Å²) in [6, 6.07) is 17.5. The summed E-state index contributed by atoms with van der Waals surface area (Å²) < 4.78 is 2.08. The number of hydrogen-bond donors (Lipinski definition) is 1. The third kappa shape index (κ3) is 2.71. The lowest BCUT2D eigenvalue weighted by atomic mass is 10.1. The van der Waals surface area contributed by atoms with Gasteiger partial charge in [-0.05, 0) is 62.4 Å². The molecule has 2 heterocycles. The summed E-state index contributed by atoms with van der Waals surface area (Å²) in [5, 5.41) is 0.765. The van der Waals surface area contributed by atoms with Gasteiger partial charge in [-0.3, -0.25) is 19.8 Å². The van der Waals surface area contributed by atoms with Crippen molar-refractivity contribution in [1.29, 1.82) is 0 Å². The minimum Gasteiger partial charge on any atom is -0.319 e. The van der Waals surface area contributed by atoms with Gasteiger partial charge in [0.05, 0.1) is 11.1 Å². The van der Waals surface area contributed by atoms with E-state index in [0.29, 0.717) is 5.56 Å². The van der Waals surface area contributed by atoms with Crippen LogP contribution in [0.3, 0.4) is 0 Å². The molecular formula is C21H17N3O3. The highest BCUT2D eigenvalue weighted by Crippen LogP contribution is 2.21. The molecule has 6 heteroatoms. The van der Waals surface area contributed by atoms with Gasteiger partial charge in [0, 0.05) is 22.6 Å². The molecule has 0 atom stereocenters. The predicted molar refractivity (Wildman–Crippen MR) is 99.7 cm³/mol. The van der Waals surface area contributed by atoms with Crippen molar-refractivity contribution in [3.05, 3.63) is 88.7 Å². The van der Waals surface area contributed by atoms with E-state index in [-0.39, 0.29) is 11.1 Å². The number of imide groups is 1. The number of nitrogens with one attached hydrogen (secondary N) is 1. The maximum Gasteiger partial charge on any atom is 0.280 e. The molecule has 0 bridgehead atoms. The van der Waals surface area contributed by atoms with Crippen molar-refractivity contribution < 1.29 is 14.4 Å². The molecule has 134 valence electrons. The molecule has 1 N–H and O–H groups in total. The van der Waals surface area contributed by atoms with Crippen LogP contribution in [-0.2, 0) is 0 Å². The maximum atomic E-state index is 12.5. The zero-order valence-corrected chi connectivity index (χ0v) is 14.9. The van der Waals surface area contributed by atoms with Crippen LogP contribution in [0.4, 0.5) is 0 Å². The Labute approximate surface area is 156 Å². The largest absolute Gasteiger partial charge is 0.319 e. The van der Waals surface area contributed by atoms with E-state index in [0.717, 1.165) is 22.1 Å². The van der Waals surface area contributed by atoms with Crippen molar-refractivity contribution in [2.24, 2.45) is 0 Å². The molecule has 0 aliphatic carbocycles. The van der Waals surface area contributed by atoms with E-state index in [1.807, 2.05) is 38.1 Å². The van der Waals surface area contributed by atoms with Crippen LogP contribution >= 0.6 is 0 Å². The lowest BCUT2D eigenvalue weighted by molar-refractivity contribution is 0.0518. The number of aryl methyl sites for hydroxylation is 2. The zero-order valence-electron chi connectivity index (χ0n) is 14.9. The summed E-state index contributed by atoms with van der Waals surface area (Å²) in [5.41, 5.74) is 6.47. The number of aromatic nitrogens is 1. The van der Waals surface area contributed by atoms with Gasteiger partial charge < -0.3 is 4.57 Å². The SMILES string of the molecule is Cc1ccc(C)n1-c1ccc(C(=O)NN2C(=O)c3ccccc3C2=O)cc1. The lowest BCUT2D eigenvalue weighted by Gasteiger charge is -2.15. The molecule has 0 saturated heterocycles. The van der Waals surface area contributed by atoms with Crippen LogP contribution in [0.1, 0.15) is 42.5 Å². The summed E-state index contributed by atoms with van der Waals surface area (Å²) in [5.74, 6) is -1.57. The first kappa shape index (κ1) is 16.8. The number of benzene rings is 2. The second-order valence-electron chi connectivity index (χ2n) is 6.43. The van der Waals surface area contributed by atoms with Gasteiger partial charge in [-0.2, -0.15) is 5.01 Å². The van der Waals surface area contributed by atoms with Gasteiger partial charge in [-0.25, -0.2) is 0 Å². The number of hydrazine groups is 1. The summed E-state index contributed by atoms with van der Waals surface area (Å²) in [7, 11) is 0. The summed E-state index contributed by atoms with van der Waals surface area (Å²) >= 11 is 0. The molecule has 1 aliphatic rings. The molecule has 1 aromatic heterocycles. The molecular weight excluding hydrogens is 342 g/mol. The van der Waals surface area contributed by atoms with E-state index < -0.39 is 17.7 Å². The van der Waals surface area contributed by atoms with E-state index in [4.69, 9.17) is 0 Å². The summed E-state index contributed by atoms with van der Waals surface area (Å²) in [4.78, 5) is 37.2. The van der Waals surface area contributed by atoms with Crippen LogP contribution in [0.25, 0.3) is 5.69 Å². The quantitative estimate of drug-likeness (QED) is 0.731. The Balaban J connectivity index is 1.55. The molecule has 0 unspecified atom stereocenters. The van der Waals surface area contributed by atoms with E-state index in [9.17, 15) is 14.4 Å². The standard InChI is InChI=1S/C21H17N3O3/c1-13-7-8-14(2)23(13)16-11-9-15(10-12-16)19(25)22-24-20(26)17-5-3-4-6-18(17)21(24)27/h3-12H,1-2H3,(H,22,25). The fourth-order valence-corrected chi connectivity index (χ4v) is 3.29. The average molecular weight is 359 g/mol. The van der Waals surface area contributed by atoms with E-state index in [2.05, 4.69) is 9.99 Å². The van der Waals surface area contributed by atoms with Gasteiger partial charge in [0.25, 0.3) is 17.7 Å². The van der Waals surface area contributed by atoms with Crippen LogP contribution in [-0.4, -0.2) is 27.3 Å². The number of carbonyl (C=O) groups is 3. The van der Waals surface area contributed by atoms with Gasteiger partial charge in [0.15, 0.2) is 0 Å². The highest BCUT2D eigenvalue weighted by molar-refractivity contribution is 6.22. The Morgan fingerprint density at radius 3 is 1.81 bits per heavy atom. The Morgan fingerprint density at radius 1 is 0.778 bits per heavy atom. The van der Waals surface area contributed by atoms with Gasteiger partial charge in [0.1, 0.15) is 0 Å². The Morgan fingerprint density at radius 2 is 1.30 bits per heavy atom. The number of hydrogen-bond acceptors (Lipinski definition) is 3. The molecule has 3 aromatic rings. The van der Waals surface area contributed by atoms with Gasteiger partial charge in [-0.15, -0.1) is 0 Å². The van der Waals surface area contributed by atoms with Crippen molar-refractivity contribution in [3.8, 4) is 5.69 Å². The molecule has 27 heavy (non-hydrogen) atoms. The molecule has 1 aliphatic heterocycles. The molecule has 0 fully saturated rings. The fraction of sp³-hybridized carbons (Fsp3) is 0.0952. The van der Waals surface area contributed by atoms with Crippen molar-refractivity contribution >= 4 is 17.7 Å². The minimum absolute atomic E-state index is 0.289. The molecule has 6 nitrogen and oxygen atoms in total. The predicted octanol–water partition coefficient (Wildman–Crippen LogP) is 3.04. The molecule has 2 aromatic carbocycles. The monoisotopic (exact) mass is 359 g/mol. The first-order valence-corrected chi connectivity index (χ1v) is 8.51. The zero-order chi connectivity index (χ0) is 19.1. The van der Waals surface area contributed by atoms with Crippen LogP contribution < -0.4 is 5.43 Å². The van der Waals surface area contributed by atoms with Gasteiger partial charge >= 0.3 is 0 Å². The van der Waals surface area contributed by atoms with E-state index >= 15 is 0 Å². The summed E-state index contributed by atoms with van der Waals surface area (Å²) in [6.07, 6.45) is 0. The van der Waals surface area contributed by atoms with Gasteiger partial charge in [0.2, 0.25) is 0 Å². The molecule has 4 rings (SSSR count). The third-order valence-electron chi connectivity index (χ3n) is 4.67. The second kappa shape index (κ2) is 6.25. The highest BCUT2D eigenvalue weighted by atomic mass is 16.2. The lowest BCUT2D eigenvalue weighted by Crippen LogP contribution is -2.45. The number of fused-ring (bicyclic) bond motifs is 1. The molecule has 3 amide bonds. The smallest absolute Gasteiger partial charge is 0.280 e. The van der Waals surface area contributed by atoms with Crippen molar-refractivity contribution in [1.82, 2.24) is 15.0 Å². The fourth-order valence-electron chi connectivity index (χ4n) is 3.29. The highest BCUT2D eigenvalue weighted by Gasteiger charge is 2.36. The molecule has 0 saturated carbocycles. The average Bonchev–Trinajstić information content (AvgIpc) is 3.14. The third-order valence-corrected chi connectivity index (χ3v) is 4.67.